The van der Waals surface area contributed by atoms with Gasteiger partial charge in [-0.25, -0.2) is 4.79 Å². The molecule has 0 heterocycles. The highest BCUT2D eigenvalue weighted by molar-refractivity contribution is 5.68. The Labute approximate surface area is 103 Å². The number of hydrogen-bond donors (Lipinski definition) is 2. The third kappa shape index (κ3) is 10.2. The van der Waals surface area contributed by atoms with Crippen molar-refractivity contribution in [3.63, 3.8) is 0 Å². The van der Waals surface area contributed by atoms with Gasteiger partial charge in [-0.05, 0) is 33.6 Å². The number of carbonyl (C=O) groups is 1. The molecule has 17 heavy (non-hydrogen) atoms. The van der Waals surface area contributed by atoms with Crippen LogP contribution in [0.25, 0.3) is 0 Å². The van der Waals surface area contributed by atoms with Gasteiger partial charge in [0.1, 0.15) is 5.60 Å². The van der Waals surface area contributed by atoms with Crippen LogP contribution in [0.3, 0.4) is 0 Å². The van der Waals surface area contributed by atoms with Crippen LogP contribution >= 0.6 is 0 Å². The number of rotatable bonds is 9. The van der Waals surface area contributed by atoms with Crippen LogP contribution < -0.4 is 0 Å². The predicted molar refractivity (Wildman–Crippen MR) is 63.1 cm³/mol. The van der Waals surface area contributed by atoms with Gasteiger partial charge in [-0.1, -0.05) is 6.42 Å². The van der Waals surface area contributed by atoms with Crippen LogP contribution in [0, 0.1) is 0 Å². The van der Waals surface area contributed by atoms with Crippen molar-refractivity contribution in [1.82, 2.24) is 0 Å². The summed E-state index contributed by atoms with van der Waals surface area (Å²) in [5.41, 5.74) is -0.686. The Kier molecular flexibility index (Phi) is 8.12. The summed E-state index contributed by atoms with van der Waals surface area (Å²) < 4.78 is 0. The molecule has 0 fully saturated rings. The second-order valence-corrected chi connectivity index (χ2v) is 4.89. The molecule has 0 amide bonds. The zero-order valence-electron chi connectivity index (χ0n) is 10.9. The van der Waals surface area contributed by atoms with Gasteiger partial charge in [0, 0.05) is 19.4 Å². The molecule has 1 unspecified atom stereocenters. The van der Waals surface area contributed by atoms with Gasteiger partial charge in [-0.2, -0.15) is 4.89 Å². The van der Waals surface area contributed by atoms with Crippen molar-refractivity contribution >= 4 is 5.97 Å². The van der Waals surface area contributed by atoms with Crippen molar-refractivity contribution in [3.8, 4) is 0 Å². The quantitative estimate of drug-likeness (QED) is 0.368. The molecule has 0 spiro atoms. The van der Waals surface area contributed by atoms with E-state index in [0.29, 0.717) is 19.3 Å². The first-order valence-electron chi connectivity index (χ1n) is 6.05. The van der Waals surface area contributed by atoms with E-state index in [0.717, 1.165) is 6.42 Å². The molecule has 0 saturated heterocycles. The van der Waals surface area contributed by atoms with Gasteiger partial charge in [-0.3, -0.25) is 4.89 Å². The number of aliphatic hydroxyl groups excluding tert-OH is 2. The van der Waals surface area contributed by atoms with Crippen molar-refractivity contribution in [2.75, 3.05) is 6.61 Å². The Bertz CT molecular complexity index is 213. The van der Waals surface area contributed by atoms with Crippen molar-refractivity contribution < 1.29 is 24.8 Å². The van der Waals surface area contributed by atoms with Gasteiger partial charge in [0.25, 0.3) is 0 Å². The summed E-state index contributed by atoms with van der Waals surface area (Å²) in [5.74, 6) is -0.415. The minimum Gasteiger partial charge on any atom is -0.396 e. The lowest BCUT2D eigenvalue weighted by Crippen LogP contribution is -2.30. The summed E-state index contributed by atoms with van der Waals surface area (Å²) in [6.07, 6.45) is 2.34. The largest absolute Gasteiger partial charge is 0.396 e. The first-order valence-corrected chi connectivity index (χ1v) is 6.05. The molecule has 0 bridgehead atoms. The molecule has 0 saturated carbocycles. The van der Waals surface area contributed by atoms with E-state index in [1.165, 1.54) is 0 Å². The topological polar surface area (TPSA) is 76.0 Å². The maximum Gasteiger partial charge on any atom is 0.342 e. The fraction of sp³-hybridized carbons (Fsp3) is 0.917. The van der Waals surface area contributed by atoms with Gasteiger partial charge < -0.3 is 10.2 Å². The van der Waals surface area contributed by atoms with Gasteiger partial charge in [0.2, 0.25) is 0 Å². The van der Waals surface area contributed by atoms with Crippen LogP contribution in [-0.4, -0.2) is 34.5 Å². The Morgan fingerprint density at radius 2 is 1.94 bits per heavy atom. The Morgan fingerprint density at radius 3 is 2.47 bits per heavy atom. The molecule has 2 N–H and O–H groups in total. The molecule has 0 aliphatic heterocycles. The Morgan fingerprint density at radius 1 is 1.29 bits per heavy atom. The molecule has 5 heteroatoms. The lowest BCUT2D eigenvalue weighted by molar-refractivity contribution is -0.328. The maximum absolute atomic E-state index is 11.3. The molecule has 5 nitrogen and oxygen atoms in total. The number of unbranched alkanes of at least 4 members (excludes halogenated alkanes) is 2. The van der Waals surface area contributed by atoms with E-state index in [2.05, 4.69) is 4.89 Å². The summed E-state index contributed by atoms with van der Waals surface area (Å²) in [5, 5.41) is 17.8. The molecule has 0 aromatic rings. The highest BCUT2D eigenvalue weighted by atomic mass is 17.2. The highest BCUT2D eigenvalue weighted by Gasteiger charge is 2.24. The predicted octanol–water partition coefficient (Wildman–Crippen LogP) is 1.56. The van der Waals surface area contributed by atoms with Crippen LogP contribution in [0.15, 0.2) is 0 Å². The summed E-state index contributed by atoms with van der Waals surface area (Å²) in [6, 6.07) is 0. The zero-order valence-corrected chi connectivity index (χ0v) is 10.9. The summed E-state index contributed by atoms with van der Waals surface area (Å²) in [6.45, 7) is 5.30. The number of hydrogen-bond acceptors (Lipinski definition) is 5. The van der Waals surface area contributed by atoms with Crippen LogP contribution in [-0.2, 0) is 14.6 Å². The van der Waals surface area contributed by atoms with E-state index in [9.17, 15) is 9.90 Å². The van der Waals surface area contributed by atoms with Crippen molar-refractivity contribution in [1.29, 1.82) is 0 Å². The fourth-order valence-electron chi connectivity index (χ4n) is 1.50. The van der Waals surface area contributed by atoms with Crippen molar-refractivity contribution in [2.24, 2.45) is 0 Å². The van der Waals surface area contributed by atoms with Crippen molar-refractivity contribution in [2.45, 2.75) is 64.6 Å². The first-order chi connectivity index (χ1) is 7.87. The minimum absolute atomic E-state index is 0.146. The molecular formula is C12H24O5. The number of aliphatic hydroxyl groups is 2. The summed E-state index contributed by atoms with van der Waals surface area (Å²) in [7, 11) is 0. The van der Waals surface area contributed by atoms with E-state index >= 15 is 0 Å². The molecule has 0 rings (SSSR count). The first kappa shape index (κ1) is 16.4. The van der Waals surface area contributed by atoms with Crippen LogP contribution in [0.4, 0.5) is 0 Å². The maximum atomic E-state index is 11.3. The molecule has 0 aromatic carbocycles. The third-order valence-electron chi connectivity index (χ3n) is 2.19. The van der Waals surface area contributed by atoms with Crippen LogP contribution in [0.5, 0.6) is 0 Å². The van der Waals surface area contributed by atoms with Gasteiger partial charge in [-0.15, -0.1) is 0 Å². The smallest absolute Gasteiger partial charge is 0.342 e. The lowest BCUT2D eigenvalue weighted by atomic mass is 10.0. The summed E-state index contributed by atoms with van der Waals surface area (Å²) in [4.78, 5) is 20.9. The molecule has 0 aliphatic rings. The molecule has 0 aliphatic carbocycles. The highest BCUT2D eigenvalue weighted by Crippen LogP contribution is 2.17. The molecule has 1 atom stereocenters. The second-order valence-electron chi connectivity index (χ2n) is 4.89. The summed E-state index contributed by atoms with van der Waals surface area (Å²) >= 11 is 0. The number of carbonyl (C=O) groups excluding carboxylic acids is 1. The zero-order chi connectivity index (χ0) is 13.3. The average molecular weight is 248 g/mol. The molecule has 0 radical (unpaired) electrons. The van der Waals surface area contributed by atoms with Crippen LogP contribution in [0.1, 0.15) is 52.9 Å². The SMILES string of the molecule is CC(O)CC(C)(C)OOC(=O)CCCCCO. The average Bonchev–Trinajstić information content (AvgIpc) is 2.20. The van der Waals surface area contributed by atoms with Crippen molar-refractivity contribution in [3.05, 3.63) is 0 Å². The Hall–Kier alpha value is -0.650. The molecule has 102 valence electrons. The van der Waals surface area contributed by atoms with E-state index in [4.69, 9.17) is 9.99 Å². The van der Waals surface area contributed by atoms with E-state index in [1.807, 2.05) is 0 Å². The normalized spacial score (nSPS) is 13.5. The van der Waals surface area contributed by atoms with E-state index in [-0.39, 0.29) is 13.0 Å². The monoisotopic (exact) mass is 248 g/mol. The minimum atomic E-state index is -0.686. The fourth-order valence-corrected chi connectivity index (χ4v) is 1.50. The van der Waals surface area contributed by atoms with E-state index < -0.39 is 17.7 Å². The standard InChI is InChI=1S/C12H24O5/c1-10(14)9-12(2,3)17-16-11(15)7-5-4-6-8-13/h10,13-14H,4-9H2,1-3H3. The van der Waals surface area contributed by atoms with E-state index in [1.54, 1.807) is 20.8 Å². The van der Waals surface area contributed by atoms with Gasteiger partial charge >= 0.3 is 5.97 Å². The Balaban J connectivity index is 3.68. The van der Waals surface area contributed by atoms with Gasteiger partial charge in [0.05, 0.1) is 6.10 Å². The molecule has 0 aromatic heterocycles. The van der Waals surface area contributed by atoms with Gasteiger partial charge in [0.15, 0.2) is 0 Å². The van der Waals surface area contributed by atoms with Crippen LogP contribution in [0.2, 0.25) is 0 Å². The third-order valence-corrected chi connectivity index (χ3v) is 2.19. The lowest BCUT2D eigenvalue weighted by Gasteiger charge is -2.23. The second kappa shape index (κ2) is 8.44. The molecular weight excluding hydrogens is 224 g/mol.